The summed E-state index contributed by atoms with van der Waals surface area (Å²) in [6.07, 6.45) is 5.35. The van der Waals surface area contributed by atoms with Crippen LogP contribution in [-0.2, 0) is 11.3 Å². The van der Waals surface area contributed by atoms with Crippen molar-refractivity contribution in [3.8, 4) is 11.3 Å². The van der Waals surface area contributed by atoms with Gasteiger partial charge in [0.2, 0.25) is 5.95 Å². The maximum absolute atomic E-state index is 13.4. The maximum atomic E-state index is 13.4. The van der Waals surface area contributed by atoms with Crippen molar-refractivity contribution >= 4 is 17.8 Å². The number of Topliss-reactive ketones (excluding diaryl/α,β-unsaturated/α-hetero) is 1. The molecule has 2 aliphatic rings. The van der Waals surface area contributed by atoms with Gasteiger partial charge < -0.3 is 14.5 Å². The van der Waals surface area contributed by atoms with Crippen LogP contribution >= 0.6 is 0 Å². The van der Waals surface area contributed by atoms with Crippen molar-refractivity contribution < 1.29 is 14.3 Å². The van der Waals surface area contributed by atoms with Gasteiger partial charge >= 0.3 is 6.09 Å². The number of benzene rings is 1. The Bertz CT molecular complexity index is 1380. The molecule has 2 aliphatic heterocycles. The lowest BCUT2D eigenvalue weighted by atomic mass is 9.85. The molecule has 1 fully saturated rings. The van der Waals surface area contributed by atoms with Crippen molar-refractivity contribution in [1.82, 2.24) is 19.4 Å². The molecule has 9 heteroatoms. The lowest BCUT2D eigenvalue weighted by Gasteiger charge is -2.44. The van der Waals surface area contributed by atoms with E-state index >= 15 is 0 Å². The van der Waals surface area contributed by atoms with Crippen LogP contribution in [0.4, 0.5) is 10.7 Å². The van der Waals surface area contributed by atoms with Crippen LogP contribution in [0.15, 0.2) is 65.7 Å². The molecule has 39 heavy (non-hydrogen) atoms. The summed E-state index contributed by atoms with van der Waals surface area (Å²) < 4.78 is 7.25. The monoisotopic (exact) mass is 529 g/mol. The summed E-state index contributed by atoms with van der Waals surface area (Å²) >= 11 is 0. The molecule has 204 valence electrons. The Labute approximate surface area is 228 Å². The van der Waals surface area contributed by atoms with Gasteiger partial charge in [-0.05, 0) is 58.1 Å². The number of rotatable bonds is 5. The highest BCUT2D eigenvalue weighted by atomic mass is 16.6. The van der Waals surface area contributed by atoms with Crippen LogP contribution in [0.1, 0.15) is 50.4 Å². The molecule has 1 saturated heterocycles. The third kappa shape index (κ3) is 6.02. The number of carbonyl (C=O) groups excluding carboxylic acids is 2. The first-order valence-corrected chi connectivity index (χ1v) is 13.5. The van der Waals surface area contributed by atoms with E-state index in [9.17, 15) is 14.4 Å². The number of nitrogens with zero attached hydrogens (tertiary/aromatic N) is 5. The van der Waals surface area contributed by atoms with Crippen molar-refractivity contribution in [2.75, 3.05) is 24.5 Å². The Morgan fingerprint density at radius 3 is 2.33 bits per heavy atom. The Morgan fingerprint density at radius 2 is 1.67 bits per heavy atom. The van der Waals surface area contributed by atoms with E-state index in [4.69, 9.17) is 9.72 Å². The molecule has 0 radical (unpaired) electrons. The number of amides is 1. The molecule has 1 aromatic carbocycles. The molecule has 1 amide bonds. The number of ketones is 1. The zero-order chi connectivity index (χ0) is 27.6. The van der Waals surface area contributed by atoms with Crippen LogP contribution in [0.3, 0.4) is 0 Å². The second-order valence-corrected chi connectivity index (χ2v) is 11.2. The van der Waals surface area contributed by atoms with Gasteiger partial charge in [0.1, 0.15) is 5.60 Å². The average molecular weight is 530 g/mol. The number of fused-ring (bicyclic) bond motifs is 1. The molecule has 0 bridgehead atoms. The third-order valence-electron chi connectivity index (χ3n) is 7.42. The highest BCUT2D eigenvalue weighted by Crippen LogP contribution is 2.33. The topological polar surface area (TPSA) is 97.6 Å². The van der Waals surface area contributed by atoms with Gasteiger partial charge in [-0.2, -0.15) is 0 Å². The number of aromatic nitrogens is 3. The van der Waals surface area contributed by atoms with Crippen molar-refractivity contribution in [1.29, 1.82) is 0 Å². The summed E-state index contributed by atoms with van der Waals surface area (Å²) in [5.74, 6) is 0.732. The molecular formula is C30H35N5O4. The van der Waals surface area contributed by atoms with Gasteiger partial charge in [-0.3, -0.25) is 19.1 Å². The number of ether oxygens (including phenoxy) is 1. The second-order valence-electron chi connectivity index (χ2n) is 11.2. The minimum Gasteiger partial charge on any atom is -0.444 e. The Kier molecular flexibility index (Phi) is 7.50. The lowest BCUT2D eigenvalue weighted by Crippen LogP contribution is -2.53. The van der Waals surface area contributed by atoms with E-state index < -0.39 is 5.60 Å². The van der Waals surface area contributed by atoms with E-state index in [1.807, 2.05) is 68.1 Å². The van der Waals surface area contributed by atoms with Gasteiger partial charge in [0.25, 0.3) is 5.56 Å². The fourth-order valence-corrected chi connectivity index (χ4v) is 5.50. The van der Waals surface area contributed by atoms with E-state index in [1.165, 1.54) is 0 Å². The molecule has 4 heterocycles. The SMILES string of the molecule is CC(C)(C)OC(=O)N1CCC(C2CCn3c(nc(-c4ccncc4)cc3=O)N2CC(=O)c2ccccc2)CC1. The lowest BCUT2D eigenvalue weighted by molar-refractivity contribution is 0.0170. The summed E-state index contributed by atoms with van der Waals surface area (Å²) in [4.78, 5) is 52.1. The first-order valence-electron chi connectivity index (χ1n) is 13.5. The molecular weight excluding hydrogens is 494 g/mol. The molecule has 0 spiro atoms. The quantitative estimate of drug-likeness (QED) is 0.452. The molecule has 5 rings (SSSR count). The minimum atomic E-state index is -0.541. The van der Waals surface area contributed by atoms with Crippen molar-refractivity contribution in [3.63, 3.8) is 0 Å². The average Bonchev–Trinajstić information content (AvgIpc) is 2.93. The van der Waals surface area contributed by atoms with Crippen LogP contribution in [0.5, 0.6) is 0 Å². The van der Waals surface area contributed by atoms with E-state index in [1.54, 1.807) is 27.9 Å². The summed E-state index contributed by atoms with van der Waals surface area (Å²) in [5.41, 5.74) is 1.31. The van der Waals surface area contributed by atoms with Gasteiger partial charge in [-0.15, -0.1) is 0 Å². The largest absolute Gasteiger partial charge is 0.444 e. The van der Waals surface area contributed by atoms with Crippen molar-refractivity contribution in [2.24, 2.45) is 5.92 Å². The number of likely N-dealkylation sites (tertiary alicyclic amines) is 1. The van der Waals surface area contributed by atoms with E-state index in [2.05, 4.69) is 4.98 Å². The van der Waals surface area contributed by atoms with Gasteiger partial charge in [0, 0.05) is 55.3 Å². The summed E-state index contributed by atoms with van der Waals surface area (Å²) in [6.45, 7) is 7.44. The molecule has 0 saturated carbocycles. The van der Waals surface area contributed by atoms with Crippen LogP contribution < -0.4 is 10.5 Å². The summed E-state index contributed by atoms with van der Waals surface area (Å²) in [5, 5.41) is 0. The predicted molar refractivity (Wildman–Crippen MR) is 149 cm³/mol. The number of pyridine rings is 1. The van der Waals surface area contributed by atoms with Crippen LogP contribution in [-0.4, -0.2) is 62.6 Å². The van der Waals surface area contributed by atoms with E-state index in [0.717, 1.165) is 24.8 Å². The van der Waals surface area contributed by atoms with Crippen LogP contribution in [0.25, 0.3) is 11.3 Å². The summed E-state index contributed by atoms with van der Waals surface area (Å²) in [6, 6.07) is 14.4. The highest BCUT2D eigenvalue weighted by molar-refractivity contribution is 5.99. The van der Waals surface area contributed by atoms with Crippen LogP contribution in [0, 0.1) is 5.92 Å². The molecule has 1 unspecified atom stereocenters. The van der Waals surface area contributed by atoms with Crippen molar-refractivity contribution in [3.05, 3.63) is 76.8 Å². The number of anilines is 1. The Morgan fingerprint density at radius 1 is 0.974 bits per heavy atom. The third-order valence-corrected chi connectivity index (χ3v) is 7.42. The first-order chi connectivity index (χ1) is 18.7. The maximum Gasteiger partial charge on any atom is 0.410 e. The van der Waals surface area contributed by atoms with Gasteiger partial charge in [-0.25, -0.2) is 9.78 Å². The molecule has 0 N–H and O–H groups in total. The van der Waals surface area contributed by atoms with Crippen molar-refractivity contribution in [2.45, 2.75) is 58.2 Å². The standard InChI is InChI=1S/C30H35N5O4/c1-30(2,3)39-29(38)33-16-11-22(12-17-33)25-13-18-34-27(37)19-24(21-9-14-31-15-10-21)32-28(34)35(25)20-26(36)23-7-5-4-6-8-23/h4-10,14-15,19,22,25H,11-13,16-18,20H2,1-3H3. The second kappa shape index (κ2) is 11.0. The van der Waals surface area contributed by atoms with E-state index in [0.29, 0.717) is 36.8 Å². The van der Waals surface area contributed by atoms with Crippen LogP contribution in [0.2, 0.25) is 0 Å². The van der Waals surface area contributed by atoms with Gasteiger partial charge in [0.15, 0.2) is 5.78 Å². The number of hydrogen-bond donors (Lipinski definition) is 0. The number of carbonyl (C=O) groups is 2. The fourth-order valence-electron chi connectivity index (χ4n) is 5.50. The molecule has 9 nitrogen and oxygen atoms in total. The molecule has 0 aliphatic carbocycles. The normalized spacial score (nSPS) is 18.0. The van der Waals surface area contributed by atoms with Gasteiger partial charge in [0.05, 0.1) is 12.2 Å². The smallest absolute Gasteiger partial charge is 0.410 e. The predicted octanol–water partition coefficient (Wildman–Crippen LogP) is 4.41. The molecule has 2 aromatic heterocycles. The fraction of sp³-hybridized carbons (Fsp3) is 0.433. The Hall–Kier alpha value is -4.01. The Balaban J connectivity index is 1.44. The molecule has 1 atom stereocenters. The molecule has 3 aromatic rings. The highest BCUT2D eigenvalue weighted by Gasteiger charge is 2.38. The summed E-state index contributed by atoms with van der Waals surface area (Å²) in [7, 11) is 0. The zero-order valence-electron chi connectivity index (χ0n) is 22.7. The first kappa shape index (κ1) is 26.6. The minimum absolute atomic E-state index is 0.0121. The van der Waals surface area contributed by atoms with Gasteiger partial charge in [-0.1, -0.05) is 30.3 Å². The van der Waals surface area contributed by atoms with E-state index in [-0.39, 0.29) is 35.9 Å². The number of piperidine rings is 1. The zero-order valence-corrected chi connectivity index (χ0v) is 22.7. The number of hydrogen-bond acceptors (Lipinski definition) is 7.